The lowest BCUT2D eigenvalue weighted by molar-refractivity contribution is 0.239. The second kappa shape index (κ2) is 4.99. The van der Waals surface area contributed by atoms with Gasteiger partial charge >= 0.3 is 5.63 Å². The highest BCUT2D eigenvalue weighted by atomic mass is 79.9. The Hall–Kier alpha value is -1.53. The van der Waals surface area contributed by atoms with Crippen molar-refractivity contribution < 1.29 is 19.0 Å². The van der Waals surface area contributed by atoms with Crippen LogP contribution in [0.1, 0.15) is 5.76 Å². The molecule has 0 fully saturated rings. The maximum atomic E-state index is 11.9. The summed E-state index contributed by atoms with van der Waals surface area (Å²) in [5.74, 6) is 1.08. The van der Waals surface area contributed by atoms with Gasteiger partial charge in [-0.25, -0.2) is 4.79 Å². The number of fused-ring (bicyclic) bond motifs is 1. The molecular formula is C12H11BrO5. The minimum atomic E-state index is -0.559. The van der Waals surface area contributed by atoms with Gasteiger partial charge in [-0.2, -0.15) is 0 Å². The molecule has 0 bridgehead atoms. The molecule has 0 aliphatic carbocycles. The lowest BCUT2D eigenvalue weighted by Gasteiger charge is -2.10. The Morgan fingerprint density at radius 1 is 1.33 bits per heavy atom. The van der Waals surface area contributed by atoms with Gasteiger partial charge in [0.15, 0.2) is 0 Å². The van der Waals surface area contributed by atoms with E-state index in [0.717, 1.165) is 0 Å². The fraction of sp³-hybridized carbons (Fsp3) is 0.250. The summed E-state index contributed by atoms with van der Waals surface area (Å²) in [4.78, 5) is 11.9. The fourth-order valence-electron chi connectivity index (χ4n) is 1.71. The summed E-state index contributed by atoms with van der Waals surface area (Å²) in [5, 5.41) is 10.0. The second-order valence-corrected chi connectivity index (χ2v) is 4.33. The summed E-state index contributed by atoms with van der Waals surface area (Å²) in [6, 6.07) is 3.28. The first kappa shape index (κ1) is 12.9. The van der Waals surface area contributed by atoms with Crippen LogP contribution < -0.4 is 15.1 Å². The van der Waals surface area contributed by atoms with Crippen molar-refractivity contribution in [2.24, 2.45) is 0 Å². The molecule has 1 aromatic heterocycles. The van der Waals surface area contributed by atoms with E-state index in [1.54, 1.807) is 12.1 Å². The number of hydrogen-bond acceptors (Lipinski definition) is 5. The molecule has 5 nitrogen and oxygen atoms in total. The van der Waals surface area contributed by atoms with Crippen molar-refractivity contribution in [2.75, 3.05) is 14.2 Å². The normalized spacial score (nSPS) is 10.7. The molecule has 18 heavy (non-hydrogen) atoms. The molecule has 2 aromatic rings. The molecular weight excluding hydrogens is 304 g/mol. The van der Waals surface area contributed by atoms with Crippen LogP contribution in [0.15, 0.2) is 25.8 Å². The number of hydrogen-bond donors (Lipinski definition) is 1. The van der Waals surface area contributed by atoms with Gasteiger partial charge in [0.2, 0.25) is 0 Å². The number of halogens is 1. The topological polar surface area (TPSA) is 68.9 Å². The zero-order chi connectivity index (χ0) is 13.3. The SMILES string of the molecule is COc1cc(OC)c2c(=O)oc(CO)c(Br)c2c1. The first-order chi connectivity index (χ1) is 8.62. The molecule has 0 radical (unpaired) electrons. The van der Waals surface area contributed by atoms with E-state index in [-0.39, 0.29) is 12.4 Å². The minimum absolute atomic E-state index is 0.169. The van der Waals surface area contributed by atoms with E-state index in [4.69, 9.17) is 19.0 Å². The van der Waals surface area contributed by atoms with Crippen LogP contribution in [-0.4, -0.2) is 19.3 Å². The van der Waals surface area contributed by atoms with Crippen molar-refractivity contribution in [3.63, 3.8) is 0 Å². The van der Waals surface area contributed by atoms with Crippen molar-refractivity contribution in [2.45, 2.75) is 6.61 Å². The Balaban J connectivity index is 2.94. The number of aliphatic hydroxyl groups excluding tert-OH is 1. The van der Waals surface area contributed by atoms with Gasteiger partial charge in [0.1, 0.15) is 29.3 Å². The number of ether oxygens (including phenoxy) is 2. The molecule has 1 heterocycles. The van der Waals surface area contributed by atoms with Crippen molar-refractivity contribution in [1.29, 1.82) is 0 Å². The summed E-state index contributed by atoms with van der Waals surface area (Å²) in [7, 11) is 2.98. The smallest absolute Gasteiger partial charge is 0.347 e. The summed E-state index contributed by atoms with van der Waals surface area (Å²) >= 11 is 3.30. The van der Waals surface area contributed by atoms with Gasteiger partial charge in [-0.15, -0.1) is 0 Å². The Labute approximate surface area is 111 Å². The maximum absolute atomic E-state index is 11.9. The average molecular weight is 315 g/mol. The largest absolute Gasteiger partial charge is 0.497 e. The molecule has 96 valence electrons. The predicted octanol–water partition coefficient (Wildman–Crippen LogP) is 2.06. The van der Waals surface area contributed by atoms with Crippen molar-refractivity contribution in [1.82, 2.24) is 0 Å². The van der Waals surface area contributed by atoms with Gasteiger partial charge in [-0.05, 0) is 22.0 Å². The van der Waals surface area contributed by atoms with Crippen LogP contribution in [0.2, 0.25) is 0 Å². The van der Waals surface area contributed by atoms with Gasteiger partial charge < -0.3 is 19.0 Å². The van der Waals surface area contributed by atoms with E-state index >= 15 is 0 Å². The second-order valence-electron chi connectivity index (χ2n) is 3.54. The Morgan fingerprint density at radius 3 is 2.61 bits per heavy atom. The molecule has 2 rings (SSSR count). The van der Waals surface area contributed by atoms with Crippen LogP contribution in [0.4, 0.5) is 0 Å². The van der Waals surface area contributed by atoms with Crippen molar-refractivity contribution >= 4 is 26.7 Å². The van der Waals surface area contributed by atoms with Crippen LogP contribution in [-0.2, 0) is 6.61 Å². The Bertz CT molecular complexity index is 647. The Morgan fingerprint density at radius 2 is 2.06 bits per heavy atom. The lowest BCUT2D eigenvalue weighted by Crippen LogP contribution is -2.06. The van der Waals surface area contributed by atoms with Crippen molar-refractivity contribution in [3.05, 3.63) is 32.8 Å². The third-order valence-corrected chi connectivity index (χ3v) is 3.45. The van der Waals surface area contributed by atoms with E-state index in [9.17, 15) is 4.79 Å². The molecule has 0 atom stereocenters. The van der Waals surface area contributed by atoms with Gasteiger partial charge in [0, 0.05) is 11.5 Å². The van der Waals surface area contributed by atoms with Crippen LogP contribution in [0.3, 0.4) is 0 Å². The van der Waals surface area contributed by atoms with Crippen molar-refractivity contribution in [3.8, 4) is 11.5 Å². The summed E-state index contributed by atoms with van der Waals surface area (Å²) in [5.41, 5.74) is -0.559. The fourth-order valence-corrected chi connectivity index (χ4v) is 2.23. The molecule has 0 aliphatic rings. The molecule has 6 heteroatoms. The quantitative estimate of drug-likeness (QED) is 0.939. The summed E-state index contributed by atoms with van der Waals surface area (Å²) in [6.07, 6.45) is 0. The van der Waals surface area contributed by atoms with E-state index < -0.39 is 5.63 Å². The zero-order valence-electron chi connectivity index (χ0n) is 9.82. The molecule has 0 saturated carbocycles. The monoisotopic (exact) mass is 314 g/mol. The molecule has 0 unspecified atom stereocenters. The Kier molecular flexibility index (Phi) is 3.58. The highest BCUT2D eigenvalue weighted by Gasteiger charge is 2.16. The van der Waals surface area contributed by atoms with Crippen LogP contribution in [0.25, 0.3) is 10.8 Å². The van der Waals surface area contributed by atoms with E-state index in [1.165, 1.54) is 14.2 Å². The van der Waals surface area contributed by atoms with Crippen LogP contribution in [0, 0.1) is 0 Å². The predicted molar refractivity (Wildman–Crippen MR) is 69.2 cm³/mol. The lowest BCUT2D eigenvalue weighted by atomic mass is 10.1. The first-order valence-corrected chi connectivity index (χ1v) is 5.89. The van der Waals surface area contributed by atoms with Crippen LogP contribution in [0.5, 0.6) is 11.5 Å². The van der Waals surface area contributed by atoms with Gasteiger partial charge in [-0.1, -0.05) is 0 Å². The molecule has 1 aromatic carbocycles. The van der Waals surface area contributed by atoms with E-state index in [1.807, 2.05) is 0 Å². The molecule has 0 amide bonds. The van der Waals surface area contributed by atoms with Crippen LogP contribution >= 0.6 is 15.9 Å². The standard InChI is InChI=1S/C12H11BrO5/c1-16-6-3-7-10(8(4-6)17-2)12(15)18-9(5-14)11(7)13/h3-4,14H,5H2,1-2H3. The zero-order valence-corrected chi connectivity index (χ0v) is 11.4. The minimum Gasteiger partial charge on any atom is -0.497 e. The number of benzene rings is 1. The molecule has 0 spiro atoms. The van der Waals surface area contributed by atoms with Gasteiger partial charge in [-0.3, -0.25) is 0 Å². The summed E-state index contributed by atoms with van der Waals surface area (Å²) in [6.45, 7) is -0.370. The summed E-state index contributed by atoms with van der Waals surface area (Å²) < 4.78 is 15.8. The number of aliphatic hydroxyl groups is 1. The highest BCUT2D eigenvalue weighted by Crippen LogP contribution is 2.34. The molecule has 1 N–H and O–H groups in total. The highest BCUT2D eigenvalue weighted by molar-refractivity contribution is 9.10. The number of methoxy groups -OCH3 is 2. The third-order valence-electron chi connectivity index (χ3n) is 2.58. The van der Waals surface area contributed by atoms with E-state index in [0.29, 0.717) is 26.7 Å². The van der Waals surface area contributed by atoms with E-state index in [2.05, 4.69) is 15.9 Å². The number of rotatable bonds is 3. The maximum Gasteiger partial charge on any atom is 0.347 e. The average Bonchev–Trinajstić information content (AvgIpc) is 2.41. The van der Waals surface area contributed by atoms with Gasteiger partial charge in [0.25, 0.3) is 0 Å². The molecule has 0 aliphatic heterocycles. The third kappa shape index (κ3) is 1.97. The van der Waals surface area contributed by atoms with Gasteiger partial charge in [0.05, 0.1) is 18.7 Å². The first-order valence-electron chi connectivity index (χ1n) is 5.10. The molecule has 0 saturated heterocycles.